The highest BCUT2D eigenvalue weighted by Gasteiger charge is 2.32. The number of halogens is 4. The zero-order chi connectivity index (χ0) is 19.2. The first kappa shape index (κ1) is 20.2. The number of methoxy groups -OCH3 is 1. The summed E-state index contributed by atoms with van der Waals surface area (Å²) >= 11 is 5.96. The maximum Gasteiger partial charge on any atom is 0.416 e. The lowest BCUT2D eigenvalue weighted by atomic mass is 10.1. The second-order valence-electron chi connectivity index (χ2n) is 5.59. The molecule has 4 nitrogen and oxygen atoms in total. The number of amides is 1. The summed E-state index contributed by atoms with van der Waals surface area (Å²) in [7, 11) is 1.55. The molecule has 26 heavy (non-hydrogen) atoms. The van der Waals surface area contributed by atoms with Crippen LogP contribution in [0.15, 0.2) is 48.5 Å². The molecule has 0 aliphatic heterocycles. The summed E-state index contributed by atoms with van der Waals surface area (Å²) in [5.74, 6) is -0.464. The van der Waals surface area contributed by atoms with Crippen LogP contribution in [-0.4, -0.2) is 26.2 Å². The summed E-state index contributed by atoms with van der Waals surface area (Å²) in [4.78, 5) is 12.7. The highest BCUT2D eigenvalue weighted by molar-refractivity contribution is 6.33. The van der Waals surface area contributed by atoms with E-state index < -0.39 is 23.7 Å². The molecule has 0 radical (unpaired) electrons. The third-order valence-electron chi connectivity index (χ3n) is 3.72. The molecule has 8 heteroatoms. The maximum absolute atomic E-state index is 12.9. The monoisotopic (exact) mass is 387 g/mol. The van der Waals surface area contributed by atoms with Gasteiger partial charge in [-0.15, -0.1) is 0 Å². The van der Waals surface area contributed by atoms with Gasteiger partial charge in [0.2, 0.25) is 0 Å². The lowest BCUT2D eigenvalue weighted by Crippen LogP contribution is -2.88. The quantitative estimate of drug-likeness (QED) is 0.716. The van der Waals surface area contributed by atoms with Crippen molar-refractivity contribution >= 4 is 23.2 Å². The Hall–Kier alpha value is -2.09. The minimum absolute atomic E-state index is 0.0371. The molecular weight excluding hydrogens is 369 g/mol. The summed E-state index contributed by atoms with van der Waals surface area (Å²) in [6.45, 7) is 0.945. The number of benzene rings is 2. The average molecular weight is 388 g/mol. The number of anilines is 1. The Bertz CT molecular complexity index is 739. The van der Waals surface area contributed by atoms with Crippen LogP contribution in [-0.2, 0) is 15.7 Å². The van der Waals surface area contributed by atoms with Crippen LogP contribution in [0.5, 0.6) is 0 Å². The van der Waals surface area contributed by atoms with Gasteiger partial charge < -0.3 is 15.4 Å². The lowest BCUT2D eigenvalue weighted by molar-refractivity contribution is -0.683. The Labute approximate surface area is 154 Å². The molecule has 0 aliphatic carbocycles. The highest BCUT2D eigenvalue weighted by atomic mass is 35.5. The molecule has 0 spiro atoms. The van der Waals surface area contributed by atoms with Gasteiger partial charge in [-0.25, -0.2) is 0 Å². The van der Waals surface area contributed by atoms with E-state index in [1.807, 2.05) is 6.07 Å². The Morgan fingerprint density at radius 3 is 2.54 bits per heavy atom. The predicted molar refractivity (Wildman–Crippen MR) is 92.9 cm³/mol. The van der Waals surface area contributed by atoms with Crippen LogP contribution in [0.3, 0.4) is 0 Å². The van der Waals surface area contributed by atoms with E-state index in [-0.39, 0.29) is 10.7 Å². The average Bonchev–Trinajstić information content (AvgIpc) is 2.60. The van der Waals surface area contributed by atoms with E-state index in [4.69, 9.17) is 16.3 Å². The number of nitrogens with two attached hydrogens (primary N) is 1. The minimum Gasteiger partial charge on any atom is -0.379 e. The van der Waals surface area contributed by atoms with Crippen LogP contribution in [0.25, 0.3) is 0 Å². The number of carbonyl (C=O) groups is 1. The van der Waals surface area contributed by atoms with Crippen molar-refractivity contribution in [3.63, 3.8) is 0 Å². The summed E-state index contributed by atoms with van der Waals surface area (Å²) in [5.41, 5.74) is -0.228. The topological polar surface area (TPSA) is 54.9 Å². The van der Waals surface area contributed by atoms with Gasteiger partial charge in [-0.2, -0.15) is 13.2 Å². The van der Waals surface area contributed by atoms with Crippen molar-refractivity contribution in [2.75, 3.05) is 25.6 Å². The van der Waals surface area contributed by atoms with E-state index in [0.717, 1.165) is 23.8 Å². The Balaban J connectivity index is 2.24. The van der Waals surface area contributed by atoms with Crippen LogP contribution >= 0.6 is 11.6 Å². The summed E-state index contributed by atoms with van der Waals surface area (Å²) < 4.78 is 43.7. The number of hydrogen-bond acceptors (Lipinski definition) is 2. The van der Waals surface area contributed by atoms with Crippen molar-refractivity contribution in [2.24, 2.45) is 0 Å². The van der Waals surface area contributed by atoms with Crippen molar-refractivity contribution < 1.29 is 28.0 Å². The van der Waals surface area contributed by atoms with Gasteiger partial charge in [0.15, 0.2) is 6.04 Å². The van der Waals surface area contributed by atoms with E-state index in [1.54, 1.807) is 36.7 Å². The van der Waals surface area contributed by atoms with Crippen molar-refractivity contribution in [3.05, 3.63) is 64.7 Å². The number of ether oxygens (including phenoxy) is 1. The van der Waals surface area contributed by atoms with Gasteiger partial charge in [0.05, 0.1) is 22.9 Å². The molecule has 2 rings (SSSR count). The number of rotatable bonds is 7. The fraction of sp³-hybridized carbons (Fsp3) is 0.278. The maximum atomic E-state index is 12.9. The fourth-order valence-electron chi connectivity index (χ4n) is 2.42. The molecule has 0 aromatic heterocycles. The molecule has 0 fully saturated rings. The first-order valence-electron chi connectivity index (χ1n) is 7.87. The van der Waals surface area contributed by atoms with Crippen molar-refractivity contribution in [2.45, 2.75) is 12.2 Å². The first-order chi connectivity index (χ1) is 12.3. The molecule has 0 saturated heterocycles. The van der Waals surface area contributed by atoms with Crippen molar-refractivity contribution in [3.8, 4) is 0 Å². The summed E-state index contributed by atoms with van der Waals surface area (Å²) in [6, 6.07) is 11.1. The first-order valence-corrected chi connectivity index (χ1v) is 8.25. The molecule has 0 saturated carbocycles. The van der Waals surface area contributed by atoms with Crippen LogP contribution < -0.4 is 10.6 Å². The Morgan fingerprint density at radius 2 is 1.92 bits per heavy atom. The number of alkyl halides is 3. The minimum atomic E-state index is -4.52. The van der Waals surface area contributed by atoms with Gasteiger partial charge >= 0.3 is 6.18 Å². The Kier molecular flexibility index (Phi) is 7.02. The van der Waals surface area contributed by atoms with Crippen molar-refractivity contribution in [1.82, 2.24) is 0 Å². The van der Waals surface area contributed by atoms with E-state index >= 15 is 0 Å². The third-order valence-corrected chi connectivity index (χ3v) is 4.05. The standard InChI is InChI=1S/C18H18ClF3N2O2/c1-26-10-9-23-16(12-5-3-2-4-6-12)17(25)24-15-11-13(18(20,21)22)7-8-14(15)19/h2-8,11,16,23H,9-10H2,1H3,(H,24,25)/p+1/t16-/m1/s1. The van der Waals surface area contributed by atoms with E-state index in [1.165, 1.54) is 0 Å². The fourth-order valence-corrected chi connectivity index (χ4v) is 2.58. The van der Waals surface area contributed by atoms with Crippen LogP contribution in [0.2, 0.25) is 5.02 Å². The second-order valence-corrected chi connectivity index (χ2v) is 5.99. The van der Waals surface area contributed by atoms with Gasteiger partial charge in [-0.05, 0) is 18.2 Å². The molecule has 0 unspecified atom stereocenters. The smallest absolute Gasteiger partial charge is 0.379 e. The second kappa shape index (κ2) is 9.02. The van der Waals surface area contributed by atoms with Gasteiger partial charge in [0.1, 0.15) is 6.54 Å². The van der Waals surface area contributed by atoms with Gasteiger partial charge in [-0.1, -0.05) is 41.9 Å². The molecule has 1 amide bonds. The Morgan fingerprint density at radius 1 is 1.23 bits per heavy atom. The largest absolute Gasteiger partial charge is 0.416 e. The van der Waals surface area contributed by atoms with Crippen LogP contribution in [0.4, 0.5) is 18.9 Å². The van der Waals surface area contributed by atoms with E-state index in [9.17, 15) is 18.0 Å². The lowest BCUT2D eigenvalue weighted by Gasteiger charge is -2.17. The molecule has 2 aromatic carbocycles. The predicted octanol–water partition coefficient (Wildman–Crippen LogP) is 3.25. The number of hydrogen-bond donors (Lipinski definition) is 2. The van der Waals surface area contributed by atoms with Gasteiger partial charge in [0.25, 0.3) is 5.91 Å². The molecule has 0 aliphatic rings. The zero-order valence-electron chi connectivity index (χ0n) is 14.0. The third kappa shape index (κ3) is 5.45. The highest BCUT2D eigenvalue weighted by Crippen LogP contribution is 2.34. The molecule has 3 N–H and O–H groups in total. The molecule has 2 aromatic rings. The van der Waals surface area contributed by atoms with Gasteiger partial charge in [0, 0.05) is 12.7 Å². The van der Waals surface area contributed by atoms with E-state index in [0.29, 0.717) is 13.2 Å². The number of nitrogens with one attached hydrogen (secondary N) is 1. The molecule has 0 bridgehead atoms. The molecule has 1 atom stereocenters. The molecule has 0 heterocycles. The van der Waals surface area contributed by atoms with Crippen LogP contribution in [0.1, 0.15) is 17.2 Å². The van der Waals surface area contributed by atoms with Crippen LogP contribution in [0, 0.1) is 0 Å². The zero-order valence-corrected chi connectivity index (χ0v) is 14.8. The summed E-state index contributed by atoms with van der Waals surface area (Å²) in [6.07, 6.45) is -4.52. The summed E-state index contributed by atoms with van der Waals surface area (Å²) in [5, 5.41) is 4.30. The normalized spacial score (nSPS) is 12.7. The van der Waals surface area contributed by atoms with Crippen molar-refractivity contribution in [1.29, 1.82) is 0 Å². The van der Waals surface area contributed by atoms with Gasteiger partial charge in [-0.3, -0.25) is 4.79 Å². The SMILES string of the molecule is COCC[NH2+][C@@H](C(=O)Nc1cc(C(F)(F)F)ccc1Cl)c1ccccc1. The number of carbonyl (C=O) groups excluding carboxylic acids is 1. The molecule has 140 valence electrons. The molecular formula is C18H19ClF3N2O2+. The van der Waals surface area contributed by atoms with E-state index in [2.05, 4.69) is 5.32 Å². The number of quaternary nitrogens is 1.